The molecule has 1 aliphatic heterocycles. The van der Waals surface area contributed by atoms with E-state index in [-0.39, 0.29) is 4.90 Å². The van der Waals surface area contributed by atoms with Crippen LogP contribution in [0.4, 0.5) is 5.69 Å². The second-order valence-electron chi connectivity index (χ2n) is 5.07. The molecule has 1 aromatic rings. The van der Waals surface area contributed by atoms with Gasteiger partial charge in [0.1, 0.15) is 0 Å². The number of nitrogens with one attached hydrogen (secondary N) is 1. The van der Waals surface area contributed by atoms with Crippen molar-refractivity contribution in [3.8, 4) is 0 Å². The third kappa shape index (κ3) is 4.41. The Morgan fingerprint density at radius 3 is 2.71 bits per heavy atom. The first-order valence-electron chi connectivity index (χ1n) is 7.21. The maximum absolute atomic E-state index is 12.4. The molecule has 0 atom stereocenters. The van der Waals surface area contributed by atoms with Crippen molar-refractivity contribution in [2.24, 2.45) is 0 Å². The van der Waals surface area contributed by atoms with Gasteiger partial charge in [0.25, 0.3) is 0 Å². The van der Waals surface area contributed by atoms with E-state index in [1.165, 1.54) is 6.07 Å². The number of morpholine rings is 1. The molecule has 1 saturated heterocycles. The quantitative estimate of drug-likeness (QED) is 0.745. The summed E-state index contributed by atoms with van der Waals surface area (Å²) >= 11 is 0. The number of nitrogens with two attached hydrogens (primary N) is 1. The van der Waals surface area contributed by atoms with Gasteiger partial charge in [0, 0.05) is 31.9 Å². The van der Waals surface area contributed by atoms with E-state index in [0.717, 1.165) is 18.7 Å². The van der Waals surface area contributed by atoms with Crippen LogP contribution in [0.15, 0.2) is 23.1 Å². The lowest BCUT2D eigenvalue weighted by atomic mass is 10.1. The summed E-state index contributed by atoms with van der Waals surface area (Å²) in [6.07, 6.45) is 0.653. The highest BCUT2D eigenvalue weighted by Gasteiger charge is 2.18. The molecule has 7 heteroatoms. The van der Waals surface area contributed by atoms with E-state index in [2.05, 4.69) is 9.62 Å². The minimum Gasteiger partial charge on any atom is -0.399 e. The summed E-state index contributed by atoms with van der Waals surface area (Å²) in [4.78, 5) is 2.47. The number of anilines is 1. The van der Waals surface area contributed by atoms with Crippen molar-refractivity contribution < 1.29 is 13.2 Å². The Hall–Kier alpha value is -1.15. The summed E-state index contributed by atoms with van der Waals surface area (Å²) < 4.78 is 32.7. The summed E-state index contributed by atoms with van der Waals surface area (Å²) in [6.45, 7) is 6.12. The lowest BCUT2D eigenvalue weighted by Gasteiger charge is -2.26. The van der Waals surface area contributed by atoms with Crippen LogP contribution in [0, 0.1) is 0 Å². The predicted octanol–water partition coefficient (Wildman–Crippen LogP) is 0.442. The Balaban J connectivity index is 1.99. The molecule has 3 N–H and O–H groups in total. The highest BCUT2D eigenvalue weighted by Crippen LogP contribution is 2.19. The molecule has 0 unspecified atom stereocenters. The highest BCUT2D eigenvalue weighted by atomic mass is 32.2. The lowest BCUT2D eigenvalue weighted by Crippen LogP contribution is -2.41. The standard InChI is InChI=1S/C14H23N3O3S/c1-2-12-3-4-13(15)11-14(12)21(18,19)16-5-6-17-7-9-20-10-8-17/h3-4,11,16H,2,5-10,15H2,1H3. The molecule has 0 aromatic heterocycles. The second-order valence-corrected chi connectivity index (χ2v) is 6.81. The molecule has 6 nitrogen and oxygen atoms in total. The maximum atomic E-state index is 12.4. The van der Waals surface area contributed by atoms with Gasteiger partial charge in [-0.05, 0) is 24.1 Å². The van der Waals surface area contributed by atoms with Gasteiger partial charge in [0.15, 0.2) is 0 Å². The zero-order valence-electron chi connectivity index (χ0n) is 12.3. The molecule has 118 valence electrons. The van der Waals surface area contributed by atoms with Gasteiger partial charge in [-0.25, -0.2) is 13.1 Å². The molecule has 1 heterocycles. The SMILES string of the molecule is CCc1ccc(N)cc1S(=O)(=O)NCCN1CCOCC1. The first-order valence-corrected chi connectivity index (χ1v) is 8.69. The van der Waals surface area contributed by atoms with Crippen LogP contribution in [0.2, 0.25) is 0 Å². The molecule has 0 amide bonds. The minimum atomic E-state index is -3.51. The third-order valence-corrected chi connectivity index (χ3v) is 5.13. The van der Waals surface area contributed by atoms with Crippen molar-refractivity contribution in [2.75, 3.05) is 45.1 Å². The molecule has 1 aromatic carbocycles. The van der Waals surface area contributed by atoms with Crippen molar-refractivity contribution in [1.82, 2.24) is 9.62 Å². The van der Waals surface area contributed by atoms with Gasteiger partial charge < -0.3 is 10.5 Å². The topological polar surface area (TPSA) is 84.7 Å². The van der Waals surface area contributed by atoms with Crippen LogP contribution in [0.3, 0.4) is 0 Å². The molecule has 0 spiro atoms. The molecular weight excluding hydrogens is 290 g/mol. The van der Waals surface area contributed by atoms with E-state index >= 15 is 0 Å². The summed E-state index contributed by atoms with van der Waals surface area (Å²) in [7, 11) is -3.51. The number of nitrogens with zero attached hydrogens (tertiary/aromatic N) is 1. The number of aryl methyl sites for hydroxylation is 1. The summed E-state index contributed by atoms with van der Waals surface area (Å²) in [5, 5.41) is 0. The van der Waals surface area contributed by atoms with Gasteiger partial charge >= 0.3 is 0 Å². The van der Waals surface area contributed by atoms with Gasteiger partial charge in [-0.1, -0.05) is 13.0 Å². The molecule has 2 rings (SSSR count). The van der Waals surface area contributed by atoms with Gasteiger partial charge in [0.05, 0.1) is 18.1 Å². The van der Waals surface area contributed by atoms with Gasteiger partial charge in [-0.3, -0.25) is 4.90 Å². The van der Waals surface area contributed by atoms with E-state index in [4.69, 9.17) is 10.5 Å². The Kier molecular flexibility index (Phi) is 5.58. The van der Waals surface area contributed by atoms with Crippen LogP contribution in [0.25, 0.3) is 0 Å². The summed E-state index contributed by atoms with van der Waals surface area (Å²) in [5.41, 5.74) is 6.95. The fourth-order valence-corrected chi connectivity index (χ4v) is 3.72. The number of benzene rings is 1. The predicted molar refractivity (Wildman–Crippen MR) is 82.7 cm³/mol. The Morgan fingerprint density at radius 1 is 1.33 bits per heavy atom. The molecular formula is C14H23N3O3S. The zero-order valence-corrected chi connectivity index (χ0v) is 13.2. The molecule has 1 fully saturated rings. The monoisotopic (exact) mass is 313 g/mol. The average molecular weight is 313 g/mol. The zero-order chi connectivity index (χ0) is 15.3. The number of sulfonamides is 1. The molecule has 0 bridgehead atoms. The Morgan fingerprint density at radius 2 is 2.05 bits per heavy atom. The third-order valence-electron chi connectivity index (χ3n) is 3.59. The fourth-order valence-electron chi connectivity index (χ4n) is 2.35. The smallest absolute Gasteiger partial charge is 0.240 e. The van der Waals surface area contributed by atoms with Crippen molar-refractivity contribution in [3.05, 3.63) is 23.8 Å². The number of ether oxygens (including phenoxy) is 1. The lowest BCUT2D eigenvalue weighted by molar-refractivity contribution is 0.0390. The van der Waals surface area contributed by atoms with Crippen molar-refractivity contribution in [2.45, 2.75) is 18.2 Å². The van der Waals surface area contributed by atoms with E-state index in [9.17, 15) is 8.42 Å². The van der Waals surface area contributed by atoms with Crippen LogP contribution in [0.5, 0.6) is 0 Å². The Bertz CT molecular complexity index is 569. The fraction of sp³-hybridized carbons (Fsp3) is 0.571. The van der Waals surface area contributed by atoms with E-state index in [0.29, 0.717) is 38.4 Å². The number of hydrogen-bond acceptors (Lipinski definition) is 5. The highest BCUT2D eigenvalue weighted by molar-refractivity contribution is 7.89. The number of hydrogen-bond donors (Lipinski definition) is 2. The van der Waals surface area contributed by atoms with Crippen LogP contribution >= 0.6 is 0 Å². The number of rotatable bonds is 6. The van der Waals surface area contributed by atoms with Crippen LogP contribution < -0.4 is 10.5 Å². The molecule has 0 radical (unpaired) electrons. The molecule has 0 saturated carbocycles. The molecule has 0 aliphatic carbocycles. The van der Waals surface area contributed by atoms with Gasteiger partial charge in [-0.15, -0.1) is 0 Å². The average Bonchev–Trinajstić information content (AvgIpc) is 2.48. The number of nitrogen functional groups attached to an aromatic ring is 1. The van der Waals surface area contributed by atoms with Gasteiger partial charge in [-0.2, -0.15) is 0 Å². The first-order chi connectivity index (χ1) is 10.0. The van der Waals surface area contributed by atoms with Gasteiger partial charge in [0.2, 0.25) is 10.0 Å². The van der Waals surface area contributed by atoms with Crippen LogP contribution in [-0.4, -0.2) is 52.7 Å². The van der Waals surface area contributed by atoms with E-state index in [1.807, 2.05) is 6.92 Å². The van der Waals surface area contributed by atoms with Crippen molar-refractivity contribution in [3.63, 3.8) is 0 Å². The summed E-state index contributed by atoms with van der Waals surface area (Å²) in [6, 6.07) is 5.02. The minimum absolute atomic E-state index is 0.284. The first kappa shape index (κ1) is 16.2. The molecule has 1 aliphatic rings. The Labute approximate surface area is 126 Å². The van der Waals surface area contributed by atoms with Crippen molar-refractivity contribution >= 4 is 15.7 Å². The summed E-state index contributed by atoms with van der Waals surface area (Å²) in [5.74, 6) is 0. The normalized spacial score (nSPS) is 17.0. The van der Waals surface area contributed by atoms with Crippen molar-refractivity contribution in [1.29, 1.82) is 0 Å². The van der Waals surface area contributed by atoms with E-state index < -0.39 is 10.0 Å². The van der Waals surface area contributed by atoms with E-state index in [1.54, 1.807) is 12.1 Å². The second kappa shape index (κ2) is 7.22. The van der Waals surface area contributed by atoms with Crippen LogP contribution in [-0.2, 0) is 21.2 Å². The van der Waals surface area contributed by atoms with Crippen LogP contribution in [0.1, 0.15) is 12.5 Å². The maximum Gasteiger partial charge on any atom is 0.240 e. The molecule has 21 heavy (non-hydrogen) atoms. The largest absolute Gasteiger partial charge is 0.399 e.